The number of nitrogens with zero attached hydrogens (tertiary/aromatic N) is 2. The third-order valence-corrected chi connectivity index (χ3v) is 7.89. The largest absolute Gasteiger partial charge is 0.267 e. The number of hydrogen-bond acceptors (Lipinski definition) is 3. The van der Waals surface area contributed by atoms with Crippen LogP contribution in [0, 0.1) is 17.3 Å². The van der Waals surface area contributed by atoms with Crippen LogP contribution >= 0.6 is 7.92 Å². The van der Waals surface area contributed by atoms with Gasteiger partial charge in [-0.25, -0.2) is 0 Å². The van der Waals surface area contributed by atoms with Gasteiger partial charge in [-0.05, 0) is 61.7 Å². The quantitative estimate of drug-likeness (QED) is 0.709. The Morgan fingerprint density at radius 3 is 2.88 bits per heavy atom. The van der Waals surface area contributed by atoms with Crippen molar-refractivity contribution in [3.63, 3.8) is 0 Å². The van der Waals surface area contributed by atoms with Gasteiger partial charge in [-0.3, -0.25) is 5.43 Å². The molecule has 0 radical (unpaired) electrons. The van der Waals surface area contributed by atoms with E-state index in [1.807, 2.05) is 6.20 Å². The Morgan fingerprint density at radius 2 is 2.12 bits per heavy atom. The van der Waals surface area contributed by atoms with E-state index in [1.54, 1.807) is 12.3 Å². The summed E-state index contributed by atoms with van der Waals surface area (Å²) in [4.78, 5) is 0. The van der Waals surface area contributed by atoms with Crippen LogP contribution < -0.4 is 5.43 Å². The van der Waals surface area contributed by atoms with E-state index in [2.05, 4.69) is 27.9 Å². The molecule has 4 heteroatoms. The Bertz CT molecular complexity index is 389. The first-order chi connectivity index (χ1) is 8.34. The molecule has 2 atom stereocenters. The van der Waals surface area contributed by atoms with Crippen molar-refractivity contribution in [1.82, 2.24) is 5.43 Å². The van der Waals surface area contributed by atoms with Gasteiger partial charge in [0.25, 0.3) is 0 Å². The van der Waals surface area contributed by atoms with E-state index in [9.17, 15) is 0 Å². The predicted octanol–water partition coefficient (Wildman–Crippen LogP) is 3.27. The van der Waals surface area contributed by atoms with Gasteiger partial charge in [-0.2, -0.15) is 0 Å². The maximum Gasteiger partial charge on any atom is 0.0713 e. The highest BCUT2D eigenvalue weighted by atomic mass is 31.1. The van der Waals surface area contributed by atoms with Crippen LogP contribution in [0.25, 0.3) is 0 Å². The molecule has 90 valence electrons. The smallest absolute Gasteiger partial charge is 0.0713 e. The molecule has 2 unspecified atom stereocenters. The Hall–Kier alpha value is -0.690. The lowest BCUT2D eigenvalue weighted by atomic mass is 9.64. The lowest BCUT2D eigenvalue weighted by Gasteiger charge is -2.56. The molecular formula is C13H18N3P. The fourth-order valence-corrected chi connectivity index (χ4v) is 8.20. The van der Waals surface area contributed by atoms with Crippen LogP contribution in [0.3, 0.4) is 0 Å². The van der Waals surface area contributed by atoms with Crippen LogP contribution in [0.5, 0.6) is 0 Å². The van der Waals surface area contributed by atoms with Crippen LogP contribution in [-0.2, 0) is 0 Å². The van der Waals surface area contributed by atoms with Gasteiger partial charge in [0.05, 0.1) is 5.70 Å². The van der Waals surface area contributed by atoms with Crippen molar-refractivity contribution in [2.24, 2.45) is 27.6 Å². The van der Waals surface area contributed by atoms with E-state index in [1.165, 1.54) is 31.1 Å². The average Bonchev–Trinajstić information content (AvgIpc) is 2.55. The molecule has 0 spiro atoms. The summed E-state index contributed by atoms with van der Waals surface area (Å²) in [5.41, 5.74) is 4.49. The first kappa shape index (κ1) is 10.3. The summed E-state index contributed by atoms with van der Waals surface area (Å²) >= 11 is 0. The first-order valence-corrected chi connectivity index (χ1v) is 8.50. The fraction of sp³-hybridized carbons (Fsp3) is 0.692. The number of hydrogen-bond donors (Lipinski definition) is 1. The van der Waals surface area contributed by atoms with Crippen LogP contribution in [0.2, 0.25) is 0 Å². The summed E-state index contributed by atoms with van der Waals surface area (Å²) in [5.74, 6) is 2.00. The Balaban J connectivity index is 1.72. The molecule has 17 heavy (non-hydrogen) atoms. The van der Waals surface area contributed by atoms with Gasteiger partial charge in [0.15, 0.2) is 0 Å². The highest BCUT2D eigenvalue weighted by Crippen LogP contribution is 2.67. The molecule has 4 bridgehead atoms. The van der Waals surface area contributed by atoms with E-state index in [0.29, 0.717) is 13.3 Å². The molecule has 1 saturated carbocycles. The SMILES string of the molecule is C1=CNN=NC(C23CC4CC(CP(C4)C2)C3)=C1. The molecule has 4 fully saturated rings. The van der Waals surface area contributed by atoms with Crippen LogP contribution in [0.15, 0.2) is 34.4 Å². The summed E-state index contributed by atoms with van der Waals surface area (Å²) in [6.45, 7) is 0. The molecule has 0 amide bonds. The molecule has 1 N–H and O–H groups in total. The van der Waals surface area contributed by atoms with E-state index in [0.717, 1.165) is 11.8 Å². The molecule has 5 aliphatic rings. The molecule has 0 aromatic carbocycles. The molecule has 0 aromatic rings. The third-order valence-electron chi connectivity index (χ3n) is 4.77. The van der Waals surface area contributed by atoms with Crippen molar-refractivity contribution in [1.29, 1.82) is 0 Å². The number of rotatable bonds is 1. The summed E-state index contributed by atoms with van der Waals surface area (Å²) in [6.07, 6.45) is 14.9. The lowest BCUT2D eigenvalue weighted by Crippen LogP contribution is -2.47. The second-order valence-electron chi connectivity index (χ2n) is 6.09. The van der Waals surface area contributed by atoms with Crippen molar-refractivity contribution in [3.05, 3.63) is 24.0 Å². The standard InChI is InChI=1S/C13H18N3P/c1-2-12(15-16-14-3-1)13-5-10-4-11(6-13)8-17(7-10)9-13/h1-3,10-11H,4-9H2,(H,14,15). The minimum Gasteiger partial charge on any atom is -0.267 e. The zero-order valence-electron chi connectivity index (χ0n) is 9.97. The van der Waals surface area contributed by atoms with Crippen molar-refractivity contribution in [2.45, 2.75) is 19.3 Å². The van der Waals surface area contributed by atoms with Gasteiger partial charge in [0.1, 0.15) is 0 Å². The van der Waals surface area contributed by atoms with Gasteiger partial charge in [0.2, 0.25) is 0 Å². The van der Waals surface area contributed by atoms with Gasteiger partial charge >= 0.3 is 0 Å². The van der Waals surface area contributed by atoms with Crippen LogP contribution in [0.4, 0.5) is 0 Å². The van der Waals surface area contributed by atoms with Crippen molar-refractivity contribution in [2.75, 3.05) is 18.5 Å². The Morgan fingerprint density at radius 1 is 1.29 bits per heavy atom. The first-order valence-electron chi connectivity index (χ1n) is 6.60. The van der Waals surface area contributed by atoms with Crippen molar-refractivity contribution < 1.29 is 0 Å². The molecule has 3 nitrogen and oxygen atoms in total. The maximum absolute atomic E-state index is 4.44. The zero-order chi connectivity index (χ0) is 11.3. The molecule has 4 aliphatic heterocycles. The topological polar surface area (TPSA) is 36.8 Å². The van der Waals surface area contributed by atoms with Crippen LogP contribution in [0.1, 0.15) is 19.3 Å². The van der Waals surface area contributed by atoms with Crippen molar-refractivity contribution in [3.8, 4) is 0 Å². The monoisotopic (exact) mass is 247 g/mol. The molecular weight excluding hydrogens is 229 g/mol. The van der Waals surface area contributed by atoms with Crippen molar-refractivity contribution >= 4 is 7.92 Å². The summed E-state index contributed by atoms with van der Waals surface area (Å²) in [5, 5.41) is 8.47. The second-order valence-corrected chi connectivity index (χ2v) is 8.48. The summed E-state index contributed by atoms with van der Waals surface area (Å²) < 4.78 is 0. The minimum absolute atomic E-state index is 0.319. The number of allylic oxidation sites excluding steroid dienone is 3. The Kier molecular flexibility index (Phi) is 2.20. The summed E-state index contributed by atoms with van der Waals surface area (Å²) in [7, 11) is 0.319. The Labute approximate surface area is 103 Å². The minimum atomic E-state index is 0.319. The maximum atomic E-state index is 4.44. The van der Waals surface area contributed by atoms with Crippen LogP contribution in [-0.4, -0.2) is 18.5 Å². The molecule has 3 saturated heterocycles. The summed E-state index contributed by atoms with van der Waals surface area (Å²) in [6, 6.07) is 0. The lowest BCUT2D eigenvalue weighted by molar-refractivity contribution is 0.138. The second kappa shape index (κ2) is 3.65. The fourth-order valence-electron chi connectivity index (χ4n) is 4.50. The highest BCUT2D eigenvalue weighted by Gasteiger charge is 2.52. The third kappa shape index (κ3) is 1.59. The van der Waals surface area contributed by atoms with Gasteiger partial charge < -0.3 is 0 Å². The average molecular weight is 247 g/mol. The molecule has 1 aliphatic carbocycles. The number of nitrogens with one attached hydrogen (secondary N) is 1. The molecule has 4 heterocycles. The van der Waals surface area contributed by atoms with E-state index in [4.69, 9.17) is 0 Å². The predicted molar refractivity (Wildman–Crippen MR) is 70.0 cm³/mol. The van der Waals surface area contributed by atoms with E-state index >= 15 is 0 Å². The highest BCUT2D eigenvalue weighted by molar-refractivity contribution is 7.58. The van der Waals surface area contributed by atoms with E-state index < -0.39 is 0 Å². The van der Waals surface area contributed by atoms with Gasteiger partial charge in [-0.1, -0.05) is 5.22 Å². The van der Waals surface area contributed by atoms with Gasteiger partial charge in [-0.15, -0.1) is 13.0 Å². The van der Waals surface area contributed by atoms with E-state index in [-0.39, 0.29) is 0 Å². The molecule has 5 rings (SSSR count). The zero-order valence-corrected chi connectivity index (χ0v) is 10.9. The normalized spacial score (nSPS) is 46.6. The van der Waals surface area contributed by atoms with Gasteiger partial charge in [0, 0.05) is 11.6 Å². The molecule has 0 aromatic heterocycles.